The van der Waals surface area contributed by atoms with Gasteiger partial charge in [0.1, 0.15) is 0 Å². The topological polar surface area (TPSA) is 71.3 Å². The summed E-state index contributed by atoms with van der Waals surface area (Å²) >= 11 is 0. The molecule has 0 atom stereocenters. The third kappa shape index (κ3) is 12.9. The van der Waals surface area contributed by atoms with E-state index in [9.17, 15) is 0 Å². The van der Waals surface area contributed by atoms with Gasteiger partial charge in [-0.2, -0.15) is 20.4 Å². The molecule has 324 valence electrons. The maximum Gasteiger partial charge on any atom is 0.0923 e. The second-order valence-electron chi connectivity index (χ2n) is 17.6. The minimum Gasteiger partial charge on any atom is -0.275 e. The van der Waals surface area contributed by atoms with Crippen LogP contribution in [0.5, 0.6) is 0 Å². The highest BCUT2D eigenvalue weighted by Gasteiger charge is 2.09. The molecule has 0 amide bonds. The molecular weight excluding hydrogens is 761 g/mol. The molecule has 0 aliphatic carbocycles. The fourth-order valence-corrected chi connectivity index (χ4v) is 7.36. The van der Waals surface area contributed by atoms with E-state index in [1.807, 2.05) is 96.2 Å². The van der Waals surface area contributed by atoms with Crippen molar-refractivity contribution in [1.29, 1.82) is 0 Å². The summed E-state index contributed by atoms with van der Waals surface area (Å²) in [5.74, 6) is 2.34. The first-order valence-corrected chi connectivity index (χ1v) is 21.9. The monoisotopic (exact) mass is 829 g/mol. The summed E-state index contributed by atoms with van der Waals surface area (Å²) in [7, 11) is 7.76. The van der Waals surface area contributed by atoms with E-state index in [1.165, 1.54) is 66.8 Å². The van der Waals surface area contributed by atoms with Crippen LogP contribution in [0.25, 0.3) is 44.8 Å². The Morgan fingerprint density at radius 3 is 1.10 bits per heavy atom. The van der Waals surface area contributed by atoms with Crippen molar-refractivity contribution in [3.05, 3.63) is 168 Å². The molecule has 0 bridgehead atoms. The Bertz CT molecular complexity index is 2410. The first-order valence-electron chi connectivity index (χ1n) is 21.9. The number of benzene rings is 4. The first kappa shape index (κ1) is 46.8. The third-order valence-electron chi connectivity index (χ3n) is 11.0. The van der Waals surface area contributed by atoms with Crippen LogP contribution in [0.2, 0.25) is 0 Å². The fraction of sp³-hybridized carbons (Fsp3) is 0.333. The van der Waals surface area contributed by atoms with Gasteiger partial charge in [0.05, 0.1) is 23.8 Å². The highest BCUT2D eigenvalue weighted by molar-refractivity contribution is 5.64. The Morgan fingerprint density at radius 1 is 0.371 bits per heavy atom. The van der Waals surface area contributed by atoms with Gasteiger partial charge in [-0.3, -0.25) is 18.7 Å². The largest absolute Gasteiger partial charge is 0.275 e. The number of nitrogens with zero attached hydrogens (tertiary/aromatic N) is 8. The molecule has 8 heteroatoms. The van der Waals surface area contributed by atoms with Crippen LogP contribution < -0.4 is 0 Å². The summed E-state index contributed by atoms with van der Waals surface area (Å²) in [6.45, 7) is 22.1. The third-order valence-corrected chi connectivity index (χ3v) is 11.0. The molecule has 0 N–H and O–H groups in total. The van der Waals surface area contributed by atoms with Gasteiger partial charge in [0, 0.05) is 75.2 Å². The summed E-state index contributed by atoms with van der Waals surface area (Å²) in [6, 6.07) is 34.6. The summed E-state index contributed by atoms with van der Waals surface area (Å²) in [5.41, 5.74) is 17.6. The number of hydrogen-bond donors (Lipinski definition) is 0. The molecule has 8 nitrogen and oxygen atoms in total. The average molecular weight is 829 g/mol. The second-order valence-corrected chi connectivity index (χ2v) is 17.6. The molecule has 4 aromatic carbocycles. The van der Waals surface area contributed by atoms with Crippen LogP contribution in [-0.2, 0) is 28.2 Å². The molecule has 8 aromatic rings. The zero-order chi connectivity index (χ0) is 45.1. The minimum atomic E-state index is 0.581. The smallest absolute Gasteiger partial charge is 0.0923 e. The summed E-state index contributed by atoms with van der Waals surface area (Å²) in [5, 5.41) is 17.1. The van der Waals surface area contributed by atoms with E-state index in [0.29, 0.717) is 23.7 Å². The van der Waals surface area contributed by atoms with Gasteiger partial charge in [-0.15, -0.1) is 0 Å². The molecule has 0 radical (unpaired) electrons. The molecule has 4 heterocycles. The van der Waals surface area contributed by atoms with E-state index < -0.39 is 0 Å². The quantitative estimate of drug-likeness (QED) is 0.153. The van der Waals surface area contributed by atoms with E-state index in [-0.39, 0.29) is 0 Å². The maximum absolute atomic E-state index is 4.41. The molecule has 0 saturated heterocycles. The molecule has 0 unspecified atom stereocenters. The van der Waals surface area contributed by atoms with Crippen molar-refractivity contribution in [1.82, 2.24) is 39.1 Å². The first-order chi connectivity index (χ1) is 29.5. The zero-order valence-electron chi connectivity index (χ0n) is 39.6. The van der Waals surface area contributed by atoms with Gasteiger partial charge in [0.15, 0.2) is 0 Å². The van der Waals surface area contributed by atoms with E-state index in [2.05, 4.69) is 175 Å². The Kier molecular flexibility index (Phi) is 16.2. The van der Waals surface area contributed by atoms with Crippen molar-refractivity contribution >= 4 is 0 Å². The molecule has 0 aliphatic rings. The standard InChI is InChI=1S/2C14H18N2.2C13H16N2/c1-10(2)14-6-5-12(7-11(14)3)13-8-15-16(4)9-13;1-10(2)13-6-5-12(9-11(13)3)14-7-8-16(4)15-14;1-10(2)11-4-6-12(7-5-11)13-8-14-15(3)9-13;1-10(2)11-4-6-12(7-5-11)13-8-9-15(3)14-13/h2*5-10H,1-4H3;2*4-10H,1-3H3. The van der Waals surface area contributed by atoms with Gasteiger partial charge in [-0.05, 0) is 100 Å². The number of aryl methyl sites for hydroxylation is 6. The second kappa shape index (κ2) is 21.5. The minimum absolute atomic E-state index is 0.581. The zero-order valence-corrected chi connectivity index (χ0v) is 39.6. The van der Waals surface area contributed by atoms with Crippen molar-refractivity contribution in [3.63, 3.8) is 0 Å². The van der Waals surface area contributed by atoms with Crippen LogP contribution in [0, 0.1) is 13.8 Å². The molecular formula is C54H68N8. The van der Waals surface area contributed by atoms with Gasteiger partial charge in [0.2, 0.25) is 0 Å². The number of hydrogen-bond acceptors (Lipinski definition) is 4. The van der Waals surface area contributed by atoms with Crippen LogP contribution in [0.15, 0.2) is 134 Å². The van der Waals surface area contributed by atoms with Gasteiger partial charge in [0.25, 0.3) is 0 Å². The highest BCUT2D eigenvalue weighted by atomic mass is 15.3. The normalized spacial score (nSPS) is 11.0. The molecule has 0 spiro atoms. The van der Waals surface area contributed by atoms with Crippen molar-refractivity contribution in [2.75, 3.05) is 0 Å². The Morgan fingerprint density at radius 2 is 0.742 bits per heavy atom. The van der Waals surface area contributed by atoms with Crippen molar-refractivity contribution in [3.8, 4) is 44.8 Å². The lowest BCUT2D eigenvalue weighted by atomic mass is 9.95. The molecule has 0 fully saturated rings. The Labute approximate surface area is 371 Å². The van der Waals surface area contributed by atoms with E-state index in [4.69, 9.17) is 0 Å². The Balaban J connectivity index is 0.000000156. The number of aromatic nitrogens is 8. The lowest BCUT2D eigenvalue weighted by Gasteiger charge is -2.10. The van der Waals surface area contributed by atoms with E-state index in [0.717, 1.165) is 11.4 Å². The fourth-order valence-electron chi connectivity index (χ4n) is 7.36. The molecule has 0 saturated carbocycles. The van der Waals surface area contributed by atoms with Crippen LogP contribution in [-0.4, -0.2) is 39.1 Å². The van der Waals surface area contributed by atoms with Gasteiger partial charge in [-0.1, -0.05) is 134 Å². The maximum atomic E-state index is 4.41. The summed E-state index contributed by atoms with van der Waals surface area (Å²) < 4.78 is 7.32. The van der Waals surface area contributed by atoms with Gasteiger partial charge < -0.3 is 0 Å². The molecule has 62 heavy (non-hydrogen) atoms. The van der Waals surface area contributed by atoms with Crippen LogP contribution >= 0.6 is 0 Å². The Hall–Kier alpha value is -6.28. The van der Waals surface area contributed by atoms with Crippen LogP contribution in [0.4, 0.5) is 0 Å². The van der Waals surface area contributed by atoms with Gasteiger partial charge >= 0.3 is 0 Å². The van der Waals surface area contributed by atoms with Gasteiger partial charge in [-0.25, -0.2) is 0 Å². The van der Waals surface area contributed by atoms with E-state index in [1.54, 1.807) is 0 Å². The lowest BCUT2D eigenvalue weighted by Crippen LogP contribution is -1.93. The lowest BCUT2D eigenvalue weighted by molar-refractivity contribution is 0.768. The predicted molar refractivity (Wildman–Crippen MR) is 260 cm³/mol. The van der Waals surface area contributed by atoms with Crippen LogP contribution in [0.3, 0.4) is 0 Å². The summed E-state index contributed by atoms with van der Waals surface area (Å²) in [6.07, 6.45) is 11.8. The molecule has 0 aliphatic heterocycles. The molecule has 4 aromatic heterocycles. The highest BCUT2D eigenvalue weighted by Crippen LogP contribution is 2.27. The van der Waals surface area contributed by atoms with Crippen LogP contribution in [0.1, 0.15) is 112 Å². The predicted octanol–water partition coefficient (Wildman–Crippen LogP) is 13.5. The van der Waals surface area contributed by atoms with Crippen molar-refractivity contribution in [2.24, 2.45) is 28.2 Å². The molecule has 8 rings (SSSR count). The van der Waals surface area contributed by atoms with Crippen molar-refractivity contribution in [2.45, 2.75) is 92.9 Å². The SMILES string of the molecule is CC(C)c1ccc(-c2ccn(C)n2)cc1.CC(C)c1ccc(-c2cnn(C)c2)cc1.Cc1cc(-c2ccn(C)n2)ccc1C(C)C.Cc1cc(-c2cnn(C)c2)ccc1C(C)C. The number of rotatable bonds is 8. The van der Waals surface area contributed by atoms with E-state index >= 15 is 0 Å². The summed E-state index contributed by atoms with van der Waals surface area (Å²) in [4.78, 5) is 0. The van der Waals surface area contributed by atoms with Crippen molar-refractivity contribution < 1.29 is 0 Å². The average Bonchev–Trinajstić information content (AvgIpc) is 4.08.